The molecule has 0 bridgehead atoms. The highest BCUT2D eigenvalue weighted by atomic mass is 32.2. The number of fused-ring (bicyclic) bond motifs is 1. The van der Waals surface area contributed by atoms with Gasteiger partial charge >= 0.3 is 0 Å². The van der Waals surface area contributed by atoms with Crippen molar-refractivity contribution in [2.45, 2.75) is 18.2 Å². The van der Waals surface area contributed by atoms with Crippen LogP contribution in [0.1, 0.15) is 12.0 Å². The monoisotopic (exact) mass is 376 g/mol. The fraction of sp³-hybridized carbons (Fsp3) is 0.278. The van der Waals surface area contributed by atoms with Crippen LogP contribution in [0.5, 0.6) is 11.5 Å². The molecular formula is C18H20N2O5S. The minimum atomic E-state index is -3.63. The van der Waals surface area contributed by atoms with Gasteiger partial charge in [-0.05, 0) is 36.8 Å². The molecule has 2 N–H and O–H groups in total. The van der Waals surface area contributed by atoms with E-state index in [1.54, 1.807) is 30.3 Å². The summed E-state index contributed by atoms with van der Waals surface area (Å²) in [5, 5.41) is 2.72. The zero-order valence-corrected chi connectivity index (χ0v) is 15.1. The van der Waals surface area contributed by atoms with Crippen molar-refractivity contribution in [3.8, 4) is 11.5 Å². The summed E-state index contributed by atoms with van der Waals surface area (Å²) in [7, 11) is -3.63. The molecule has 0 saturated carbocycles. The van der Waals surface area contributed by atoms with E-state index < -0.39 is 10.0 Å². The molecule has 0 unspecified atom stereocenters. The number of aryl methyl sites for hydroxylation is 1. The van der Waals surface area contributed by atoms with Gasteiger partial charge in [-0.2, -0.15) is 0 Å². The summed E-state index contributed by atoms with van der Waals surface area (Å²) in [5.41, 5.74) is 1.42. The van der Waals surface area contributed by atoms with Crippen LogP contribution >= 0.6 is 0 Å². The zero-order chi connectivity index (χ0) is 18.6. The Morgan fingerprint density at radius 1 is 1.08 bits per heavy atom. The van der Waals surface area contributed by atoms with Gasteiger partial charge in [0.05, 0.1) is 4.90 Å². The maximum absolute atomic E-state index is 12.2. The number of hydrogen-bond donors (Lipinski definition) is 2. The third kappa shape index (κ3) is 4.53. The third-order valence-electron chi connectivity index (χ3n) is 3.77. The van der Waals surface area contributed by atoms with E-state index in [2.05, 4.69) is 10.0 Å². The molecule has 0 spiro atoms. The fourth-order valence-electron chi connectivity index (χ4n) is 2.51. The lowest BCUT2D eigenvalue weighted by Crippen LogP contribution is -2.28. The smallest absolute Gasteiger partial charge is 0.240 e. The van der Waals surface area contributed by atoms with Gasteiger partial charge < -0.3 is 14.8 Å². The molecule has 0 aromatic heterocycles. The fourth-order valence-corrected chi connectivity index (χ4v) is 3.65. The molecular weight excluding hydrogens is 356 g/mol. The highest BCUT2D eigenvalue weighted by Crippen LogP contribution is 2.32. The largest absolute Gasteiger partial charge is 0.486 e. The number of sulfonamides is 1. The van der Waals surface area contributed by atoms with E-state index in [1.165, 1.54) is 6.07 Å². The average molecular weight is 376 g/mol. The number of benzene rings is 2. The Hall–Kier alpha value is -2.58. The van der Waals surface area contributed by atoms with Crippen LogP contribution in [0, 0.1) is 6.92 Å². The van der Waals surface area contributed by atoms with E-state index in [9.17, 15) is 13.2 Å². The van der Waals surface area contributed by atoms with E-state index in [-0.39, 0.29) is 23.8 Å². The zero-order valence-electron chi connectivity index (χ0n) is 14.3. The first-order valence-electron chi connectivity index (χ1n) is 8.20. The molecule has 1 aliphatic rings. The molecule has 26 heavy (non-hydrogen) atoms. The SMILES string of the molecule is Cc1cccc(S(=O)(=O)NCCC(=O)Nc2ccc3c(c2)OCCO3)c1. The summed E-state index contributed by atoms with van der Waals surface area (Å²) in [6.07, 6.45) is 0.0134. The molecule has 0 atom stereocenters. The van der Waals surface area contributed by atoms with Crippen molar-refractivity contribution in [1.82, 2.24) is 4.72 Å². The lowest BCUT2D eigenvalue weighted by Gasteiger charge is -2.19. The summed E-state index contributed by atoms with van der Waals surface area (Å²) < 4.78 is 37.7. The Morgan fingerprint density at radius 2 is 1.85 bits per heavy atom. The van der Waals surface area contributed by atoms with Crippen molar-refractivity contribution in [2.75, 3.05) is 25.1 Å². The second kappa shape index (κ2) is 7.76. The van der Waals surface area contributed by atoms with Crippen molar-refractivity contribution in [2.24, 2.45) is 0 Å². The predicted molar refractivity (Wildman–Crippen MR) is 97.0 cm³/mol. The van der Waals surface area contributed by atoms with Gasteiger partial charge in [0.1, 0.15) is 13.2 Å². The molecule has 1 aliphatic heterocycles. The number of amides is 1. The summed E-state index contributed by atoms with van der Waals surface area (Å²) in [6, 6.07) is 11.7. The number of anilines is 1. The van der Waals surface area contributed by atoms with E-state index in [1.807, 2.05) is 13.0 Å². The van der Waals surface area contributed by atoms with Crippen LogP contribution < -0.4 is 19.5 Å². The third-order valence-corrected chi connectivity index (χ3v) is 5.23. The number of carbonyl (C=O) groups excluding carboxylic acids is 1. The van der Waals surface area contributed by atoms with E-state index in [0.29, 0.717) is 30.4 Å². The number of hydrogen-bond acceptors (Lipinski definition) is 5. The van der Waals surface area contributed by atoms with Crippen LogP contribution in [0.15, 0.2) is 47.4 Å². The van der Waals surface area contributed by atoms with Gasteiger partial charge in [-0.15, -0.1) is 0 Å². The van der Waals surface area contributed by atoms with E-state index in [0.717, 1.165) is 5.56 Å². The Bertz CT molecular complexity index is 912. The molecule has 1 heterocycles. The molecule has 1 amide bonds. The maximum Gasteiger partial charge on any atom is 0.240 e. The Balaban J connectivity index is 1.53. The number of rotatable bonds is 6. The van der Waals surface area contributed by atoms with Crippen molar-refractivity contribution in [3.05, 3.63) is 48.0 Å². The standard InChI is InChI=1S/C18H20N2O5S/c1-13-3-2-4-15(11-13)26(22,23)19-8-7-18(21)20-14-5-6-16-17(12-14)25-10-9-24-16/h2-6,11-12,19H,7-10H2,1H3,(H,20,21). The van der Waals surface area contributed by atoms with Crippen LogP contribution in [-0.2, 0) is 14.8 Å². The first-order chi connectivity index (χ1) is 12.4. The molecule has 0 saturated heterocycles. The van der Waals surface area contributed by atoms with Crippen LogP contribution in [-0.4, -0.2) is 34.1 Å². The summed E-state index contributed by atoms with van der Waals surface area (Å²) in [5.74, 6) is 0.919. The van der Waals surface area contributed by atoms with Crippen LogP contribution in [0.3, 0.4) is 0 Å². The first kappa shape index (κ1) is 18.2. The highest BCUT2D eigenvalue weighted by molar-refractivity contribution is 7.89. The predicted octanol–water partition coefficient (Wildman–Crippen LogP) is 2.07. The minimum Gasteiger partial charge on any atom is -0.486 e. The quantitative estimate of drug-likeness (QED) is 0.805. The van der Waals surface area contributed by atoms with E-state index >= 15 is 0 Å². The van der Waals surface area contributed by atoms with Crippen LogP contribution in [0.2, 0.25) is 0 Å². The summed E-state index contributed by atoms with van der Waals surface area (Å²) in [6.45, 7) is 2.79. The van der Waals surface area contributed by atoms with Gasteiger partial charge in [-0.3, -0.25) is 4.79 Å². The van der Waals surface area contributed by atoms with Gasteiger partial charge in [0, 0.05) is 24.7 Å². The molecule has 7 nitrogen and oxygen atoms in total. The van der Waals surface area contributed by atoms with Gasteiger partial charge in [-0.1, -0.05) is 12.1 Å². The molecule has 0 radical (unpaired) electrons. The van der Waals surface area contributed by atoms with Crippen LogP contribution in [0.25, 0.3) is 0 Å². The Labute approximate surface area is 152 Å². The topological polar surface area (TPSA) is 93.7 Å². The molecule has 0 fully saturated rings. The van der Waals surface area contributed by atoms with E-state index in [4.69, 9.17) is 9.47 Å². The first-order valence-corrected chi connectivity index (χ1v) is 9.68. The van der Waals surface area contributed by atoms with Gasteiger partial charge in [-0.25, -0.2) is 13.1 Å². The van der Waals surface area contributed by atoms with Gasteiger partial charge in [0.15, 0.2) is 11.5 Å². The lowest BCUT2D eigenvalue weighted by atomic mass is 10.2. The summed E-state index contributed by atoms with van der Waals surface area (Å²) in [4.78, 5) is 12.2. The molecule has 3 rings (SSSR count). The normalized spacial score (nSPS) is 13.3. The second-order valence-corrected chi connectivity index (χ2v) is 7.64. The van der Waals surface area contributed by atoms with Gasteiger partial charge in [0.25, 0.3) is 0 Å². The average Bonchev–Trinajstić information content (AvgIpc) is 2.61. The number of ether oxygens (including phenoxy) is 2. The number of carbonyl (C=O) groups is 1. The maximum atomic E-state index is 12.2. The van der Waals surface area contributed by atoms with Crippen molar-refractivity contribution < 1.29 is 22.7 Å². The van der Waals surface area contributed by atoms with Crippen LogP contribution in [0.4, 0.5) is 5.69 Å². The Kier molecular flexibility index (Phi) is 5.43. The molecule has 2 aromatic carbocycles. The van der Waals surface area contributed by atoms with Crippen molar-refractivity contribution in [1.29, 1.82) is 0 Å². The Morgan fingerprint density at radius 3 is 2.62 bits per heavy atom. The molecule has 138 valence electrons. The second-order valence-electron chi connectivity index (χ2n) is 5.87. The van der Waals surface area contributed by atoms with Gasteiger partial charge in [0.2, 0.25) is 15.9 Å². The van der Waals surface area contributed by atoms with Crippen molar-refractivity contribution in [3.63, 3.8) is 0 Å². The lowest BCUT2D eigenvalue weighted by molar-refractivity contribution is -0.116. The molecule has 8 heteroatoms. The minimum absolute atomic E-state index is 0.00661. The number of nitrogens with one attached hydrogen (secondary N) is 2. The molecule has 2 aromatic rings. The summed E-state index contributed by atoms with van der Waals surface area (Å²) >= 11 is 0. The van der Waals surface area contributed by atoms with Crippen molar-refractivity contribution >= 4 is 21.6 Å². The highest BCUT2D eigenvalue weighted by Gasteiger charge is 2.15. The molecule has 0 aliphatic carbocycles.